The summed E-state index contributed by atoms with van der Waals surface area (Å²) >= 11 is 0. The zero-order valence-corrected chi connectivity index (χ0v) is 9.93. The van der Waals surface area contributed by atoms with Crippen LogP contribution in [0.5, 0.6) is 5.75 Å². The highest BCUT2D eigenvalue weighted by Gasteiger charge is 2.27. The number of carboxylic acids is 1. The highest BCUT2D eigenvalue weighted by Crippen LogP contribution is 2.33. The summed E-state index contributed by atoms with van der Waals surface area (Å²) in [5.41, 5.74) is 5.74. The van der Waals surface area contributed by atoms with Gasteiger partial charge in [-0.05, 0) is 24.8 Å². The molecule has 0 amide bonds. The number of rotatable bonds is 6. The van der Waals surface area contributed by atoms with Crippen LogP contribution in [0.3, 0.4) is 0 Å². The summed E-state index contributed by atoms with van der Waals surface area (Å²) in [5.74, 6) is -2.04. The Morgan fingerprint density at radius 2 is 2.28 bits per heavy atom. The lowest BCUT2D eigenvalue weighted by Gasteiger charge is -2.16. The van der Waals surface area contributed by atoms with E-state index in [0.717, 1.165) is 12.8 Å². The number of nitrogens with two attached hydrogens (primary N) is 1. The number of benzene rings is 1. The minimum Gasteiger partial charge on any atom is -0.490 e. The highest BCUT2D eigenvalue weighted by molar-refractivity contribution is 5.77. The molecule has 1 saturated carbocycles. The Kier molecular flexibility index (Phi) is 3.81. The molecule has 0 saturated heterocycles. The van der Waals surface area contributed by atoms with Crippen LogP contribution in [0, 0.1) is 11.7 Å². The number of carbonyl (C=O) groups is 1. The predicted octanol–water partition coefficient (Wildman–Crippen LogP) is 1.74. The Morgan fingerprint density at radius 1 is 1.56 bits per heavy atom. The Labute approximate surface area is 105 Å². The molecule has 98 valence electrons. The third-order valence-electron chi connectivity index (χ3n) is 3.07. The van der Waals surface area contributed by atoms with Crippen LogP contribution in [0.1, 0.15) is 24.3 Å². The monoisotopic (exact) mass is 253 g/mol. The molecule has 1 fully saturated rings. The lowest BCUT2D eigenvalue weighted by molar-refractivity contribution is -0.138. The average molecular weight is 253 g/mol. The van der Waals surface area contributed by atoms with E-state index in [1.165, 1.54) is 12.1 Å². The largest absolute Gasteiger partial charge is 0.490 e. The summed E-state index contributed by atoms with van der Waals surface area (Å²) in [7, 11) is 0. The fourth-order valence-electron chi connectivity index (χ4n) is 1.80. The molecule has 0 aliphatic heterocycles. The van der Waals surface area contributed by atoms with Gasteiger partial charge < -0.3 is 15.6 Å². The Hall–Kier alpha value is -1.62. The van der Waals surface area contributed by atoms with Crippen LogP contribution in [-0.2, 0) is 4.79 Å². The fraction of sp³-hybridized carbons (Fsp3) is 0.462. The van der Waals surface area contributed by atoms with Crippen LogP contribution in [0.25, 0.3) is 0 Å². The molecule has 0 aromatic heterocycles. The highest BCUT2D eigenvalue weighted by atomic mass is 19.1. The van der Waals surface area contributed by atoms with Crippen LogP contribution < -0.4 is 10.5 Å². The lowest BCUT2D eigenvalue weighted by atomic mass is 9.98. The normalized spacial score (nSPS) is 16.3. The maximum Gasteiger partial charge on any atom is 0.312 e. The van der Waals surface area contributed by atoms with Crippen LogP contribution >= 0.6 is 0 Å². The first-order chi connectivity index (χ1) is 8.63. The quantitative estimate of drug-likeness (QED) is 0.810. The van der Waals surface area contributed by atoms with Gasteiger partial charge in [-0.25, -0.2) is 4.39 Å². The molecule has 1 aromatic rings. The first-order valence-electron chi connectivity index (χ1n) is 5.97. The van der Waals surface area contributed by atoms with Crippen LogP contribution in [0.4, 0.5) is 4.39 Å². The van der Waals surface area contributed by atoms with Gasteiger partial charge in [0.15, 0.2) is 11.6 Å². The maximum atomic E-state index is 13.7. The average Bonchev–Trinajstić information content (AvgIpc) is 3.12. The van der Waals surface area contributed by atoms with Crippen LogP contribution in [-0.4, -0.2) is 24.2 Å². The van der Waals surface area contributed by atoms with E-state index in [1.54, 1.807) is 6.07 Å². The number of para-hydroxylation sites is 1. The molecular formula is C13H16FNO3. The minimum atomic E-state index is -1.07. The van der Waals surface area contributed by atoms with Crippen molar-refractivity contribution >= 4 is 5.97 Å². The lowest BCUT2D eigenvalue weighted by Crippen LogP contribution is -2.22. The molecule has 18 heavy (non-hydrogen) atoms. The van der Waals surface area contributed by atoms with Gasteiger partial charge in [-0.15, -0.1) is 0 Å². The SMILES string of the molecule is NCC(C(=O)O)c1cccc(F)c1OCC1CC1. The second-order valence-corrected chi connectivity index (χ2v) is 4.54. The summed E-state index contributed by atoms with van der Waals surface area (Å²) in [5, 5.41) is 9.07. The van der Waals surface area contributed by atoms with Crippen molar-refractivity contribution in [2.75, 3.05) is 13.2 Å². The Balaban J connectivity index is 2.25. The summed E-state index contributed by atoms with van der Waals surface area (Å²) in [6.45, 7) is 0.351. The van der Waals surface area contributed by atoms with Gasteiger partial charge in [0.05, 0.1) is 12.5 Å². The van der Waals surface area contributed by atoms with Crippen molar-refractivity contribution in [1.29, 1.82) is 0 Å². The molecule has 5 heteroatoms. The van der Waals surface area contributed by atoms with Gasteiger partial charge in [0.2, 0.25) is 0 Å². The predicted molar refractivity (Wildman–Crippen MR) is 64.1 cm³/mol. The Bertz CT molecular complexity index is 446. The zero-order chi connectivity index (χ0) is 13.1. The van der Waals surface area contributed by atoms with Gasteiger partial charge in [0.1, 0.15) is 0 Å². The van der Waals surface area contributed by atoms with Crippen molar-refractivity contribution in [2.24, 2.45) is 11.7 Å². The summed E-state index contributed by atoms with van der Waals surface area (Å²) in [4.78, 5) is 11.1. The van der Waals surface area contributed by atoms with Crippen molar-refractivity contribution in [3.63, 3.8) is 0 Å². The first kappa shape index (κ1) is 12.8. The molecule has 1 atom stereocenters. The summed E-state index contributed by atoms with van der Waals surface area (Å²) < 4.78 is 19.2. The van der Waals surface area contributed by atoms with E-state index >= 15 is 0 Å². The third kappa shape index (κ3) is 2.79. The van der Waals surface area contributed by atoms with Gasteiger partial charge in [-0.3, -0.25) is 4.79 Å². The molecule has 0 heterocycles. The topological polar surface area (TPSA) is 72.6 Å². The van der Waals surface area contributed by atoms with Gasteiger partial charge in [-0.1, -0.05) is 12.1 Å². The fourth-order valence-corrected chi connectivity index (χ4v) is 1.80. The van der Waals surface area contributed by atoms with Crippen molar-refractivity contribution in [3.8, 4) is 5.75 Å². The molecule has 2 rings (SSSR count). The molecule has 1 aliphatic carbocycles. The number of halogens is 1. The molecule has 1 aliphatic rings. The van der Waals surface area contributed by atoms with Gasteiger partial charge in [0, 0.05) is 12.1 Å². The molecule has 1 aromatic carbocycles. The maximum absolute atomic E-state index is 13.7. The van der Waals surface area contributed by atoms with Gasteiger partial charge in [0.25, 0.3) is 0 Å². The van der Waals surface area contributed by atoms with E-state index in [9.17, 15) is 9.18 Å². The summed E-state index contributed by atoms with van der Waals surface area (Å²) in [6, 6.07) is 4.29. The van der Waals surface area contributed by atoms with Crippen molar-refractivity contribution < 1.29 is 19.0 Å². The molecule has 1 unspecified atom stereocenters. The van der Waals surface area contributed by atoms with E-state index in [1.807, 2.05) is 0 Å². The molecule has 0 radical (unpaired) electrons. The van der Waals surface area contributed by atoms with E-state index < -0.39 is 17.7 Å². The number of hydrogen-bond acceptors (Lipinski definition) is 3. The number of ether oxygens (including phenoxy) is 1. The van der Waals surface area contributed by atoms with E-state index in [4.69, 9.17) is 15.6 Å². The zero-order valence-electron chi connectivity index (χ0n) is 9.93. The van der Waals surface area contributed by atoms with E-state index in [2.05, 4.69) is 0 Å². The van der Waals surface area contributed by atoms with Crippen molar-refractivity contribution in [1.82, 2.24) is 0 Å². The number of hydrogen-bond donors (Lipinski definition) is 2. The first-order valence-corrected chi connectivity index (χ1v) is 5.97. The van der Waals surface area contributed by atoms with E-state index in [0.29, 0.717) is 18.1 Å². The van der Waals surface area contributed by atoms with E-state index in [-0.39, 0.29) is 12.3 Å². The molecular weight excluding hydrogens is 237 g/mol. The smallest absolute Gasteiger partial charge is 0.312 e. The standard InChI is InChI=1S/C13H16FNO3/c14-11-3-1-2-9(10(6-15)13(16)17)12(11)18-7-8-4-5-8/h1-3,8,10H,4-7,15H2,(H,16,17). The summed E-state index contributed by atoms with van der Waals surface area (Å²) in [6.07, 6.45) is 2.17. The van der Waals surface area contributed by atoms with Crippen LogP contribution in [0.2, 0.25) is 0 Å². The second kappa shape index (κ2) is 5.35. The second-order valence-electron chi connectivity index (χ2n) is 4.54. The molecule has 0 bridgehead atoms. The van der Waals surface area contributed by atoms with Gasteiger partial charge in [-0.2, -0.15) is 0 Å². The molecule has 0 spiro atoms. The number of carboxylic acid groups (broad SMARTS) is 1. The molecule has 3 N–H and O–H groups in total. The van der Waals surface area contributed by atoms with Gasteiger partial charge >= 0.3 is 5.97 Å². The van der Waals surface area contributed by atoms with Crippen LogP contribution in [0.15, 0.2) is 18.2 Å². The minimum absolute atomic E-state index is 0.0299. The third-order valence-corrected chi connectivity index (χ3v) is 3.07. The number of aliphatic carboxylic acids is 1. The van der Waals surface area contributed by atoms with Crippen molar-refractivity contribution in [2.45, 2.75) is 18.8 Å². The van der Waals surface area contributed by atoms with Crippen molar-refractivity contribution in [3.05, 3.63) is 29.6 Å². The Morgan fingerprint density at radius 3 is 2.83 bits per heavy atom. The molecule has 4 nitrogen and oxygen atoms in total.